The summed E-state index contributed by atoms with van der Waals surface area (Å²) >= 11 is 0. The average molecular weight is 277 g/mol. The SMILES string of the molecule is O=C(O)c1ccc([N+](=O)[O-])c(OCCn2cccn2)c1. The van der Waals surface area contributed by atoms with Crippen LogP contribution >= 0.6 is 0 Å². The van der Waals surface area contributed by atoms with Gasteiger partial charge in [0.15, 0.2) is 5.75 Å². The number of hydrogen-bond donors (Lipinski definition) is 1. The normalized spacial score (nSPS) is 10.2. The molecule has 8 nitrogen and oxygen atoms in total. The third-order valence-electron chi connectivity index (χ3n) is 2.54. The van der Waals surface area contributed by atoms with E-state index in [9.17, 15) is 14.9 Å². The van der Waals surface area contributed by atoms with Crippen LogP contribution in [0.15, 0.2) is 36.7 Å². The Bertz CT molecular complexity index is 624. The van der Waals surface area contributed by atoms with Crippen LogP contribution in [0.3, 0.4) is 0 Å². The van der Waals surface area contributed by atoms with Crippen molar-refractivity contribution in [2.24, 2.45) is 0 Å². The summed E-state index contributed by atoms with van der Waals surface area (Å²) in [5.74, 6) is -1.24. The Hall–Kier alpha value is -2.90. The molecule has 20 heavy (non-hydrogen) atoms. The minimum Gasteiger partial charge on any atom is -0.485 e. The third-order valence-corrected chi connectivity index (χ3v) is 2.54. The molecule has 8 heteroatoms. The molecule has 1 aromatic heterocycles. The summed E-state index contributed by atoms with van der Waals surface area (Å²) in [4.78, 5) is 21.1. The van der Waals surface area contributed by atoms with Gasteiger partial charge in [-0.2, -0.15) is 5.10 Å². The maximum Gasteiger partial charge on any atom is 0.335 e. The van der Waals surface area contributed by atoms with Crippen LogP contribution in [0.4, 0.5) is 5.69 Å². The zero-order valence-electron chi connectivity index (χ0n) is 10.3. The van der Waals surface area contributed by atoms with Crippen molar-refractivity contribution in [1.82, 2.24) is 9.78 Å². The fourth-order valence-electron chi connectivity index (χ4n) is 1.60. The molecule has 0 aliphatic carbocycles. The van der Waals surface area contributed by atoms with Crippen molar-refractivity contribution < 1.29 is 19.6 Å². The number of aromatic nitrogens is 2. The largest absolute Gasteiger partial charge is 0.485 e. The van der Waals surface area contributed by atoms with E-state index in [1.54, 1.807) is 23.1 Å². The molecule has 0 saturated carbocycles. The molecule has 0 saturated heterocycles. The second kappa shape index (κ2) is 5.83. The van der Waals surface area contributed by atoms with E-state index in [0.717, 1.165) is 12.1 Å². The minimum absolute atomic E-state index is 0.0651. The van der Waals surface area contributed by atoms with Gasteiger partial charge in [-0.3, -0.25) is 14.8 Å². The van der Waals surface area contributed by atoms with Crippen molar-refractivity contribution in [3.63, 3.8) is 0 Å². The zero-order valence-corrected chi connectivity index (χ0v) is 10.3. The van der Waals surface area contributed by atoms with E-state index in [2.05, 4.69) is 5.10 Å². The number of hydrogen-bond acceptors (Lipinski definition) is 5. The zero-order chi connectivity index (χ0) is 14.5. The van der Waals surface area contributed by atoms with Gasteiger partial charge < -0.3 is 9.84 Å². The molecule has 0 bridgehead atoms. The molecule has 0 spiro atoms. The molecular formula is C12H11N3O5. The van der Waals surface area contributed by atoms with Gasteiger partial charge in [0.25, 0.3) is 0 Å². The molecule has 1 N–H and O–H groups in total. The molecule has 0 radical (unpaired) electrons. The van der Waals surface area contributed by atoms with Crippen molar-refractivity contribution >= 4 is 11.7 Å². The molecule has 0 atom stereocenters. The first kappa shape index (κ1) is 13.5. The molecule has 104 valence electrons. The number of benzene rings is 1. The Labute approximate surface area is 113 Å². The molecule has 1 aromatic carbocycles. The van der Waals surface area contributed by atoms with Gasteiger partial charge in [-0.15, -0.1) is 0 Å². The van der Waals surface area contributed by atoms with Crippen molar-refractivity contribution in [2.75, 3.05) is 6.61 Å². The maximum absolute atomic E-state index is 10.9. The molecule has 0 fully saturated rings. The van der Waals surface area contributed by atoms with Crippen LogP contribution in [0.1, 0.15) is 10.4 Å². The lowest BCUT2D eigenvalue weighted by molar-refractivity contribution is -0.385. The van der Waals surface area contributed by atoms with E-state index in [1.807, 2.05) is 0 Å². The van der Waals surface area contributed by atoms with Gasteiger partial charge in [0.2, 0.25) is 0 Å². The fourth-order valence-corrected chi connectivity index (χ4v) is 1.60. The number of rotatable bonds is 6. The summed E-state index contributed by atoms with van der Waals surface area (Å²) in [5.41, 5.74) is -0.333. The van der Waals surface area contributed by atoms with Crippen LogP contribution in [0, 0.1) is 10.1 Å². The Morgan fingerprint density at radius 1 is 1.50 bits per heavy atom. The van der Waals surface area contributed by atoms with Gasteiger partial charge >= 0.3 is 11.7 Å². The standard InChI is InChI=1S/C12H11N3O5/c16-12(17)9-2-3-10(15(18)19)11(8-9)20-7-6-14-5-1-4-13-14/h1-5,8H,6-7H2,(H,16,17). The topological polar surface area (TPSA) is 107 Å². The summed E-state index contributed by atoms with van der Waals surface area (Å²) < 4.78 is 6.90. The molecule has 0 unspecified atom stereocenters. The van der Waals surface area contributed by atoms with Gasteiger partial charge in [0.1, 0.15) is 6.61 Å². The number of nitro benzene ring substituents is 1. The fraction of sp³-hybridized carbons (Fsp3) is 0.167. The summed E-state index contributed by atoms with van der Waals surface area (Å²) in [6.45, 7) is 0.549. The van der Waals surface area contributed by atoms with Crippen molar-refractivity contribution in [3.05, 3.63) is 52.3 Å². The van der Waals surface area contributed by atoms with Crippen molar-refractivity contribution in [2.45, 2.75) is 6.54 Å². The number of nitrogens with zero attached hydrogens (tertiary/aromatic N) is 3. The highest BCUT2D eigenvalue weighted by molar-refractivity contribution is 5.88. The van der Waals surface area contributed by atoms with Gasteiger partial charge in [-0.25, -0.2) is 4.79 Å². The van der Waals surface area contributed by atoms with Gasteiger partial charge in [-0.1, -0.05) is 0 Å². The number of carbonyl (C=O) groups is 1. The summed E-state index contributed by atoms with van der Waals surface area (Å²) in [6.07, 6.45) is 3.33. The van der Waals surface area contributed by atoms with Crippen LogP contribution in [0.2, 0.25) is 0 Å². The first-order chi connectivity index (χ1) is 9.58. The predicted octanol–water partition coefficient (Wildman–Crippen LogP) is 1.57. The first-order valence-electron chi connectivity index (χ1n) is 5.70. The number of aromatic carboxylic acids is 1. The van der Waals surface area contributed by atoms with Gasteiger partial charge in [-0.05, 0) is 12.1 Å². The Morgan fingerprint density at radius 3 is 2.90 bits per heavy atom. The second-order valence-electron chi connectivity index (χ2n) is 3.86. The number of ether oxygens (including phenoxy) is 1. The van der Waals surface area contributed by atoms with Crippen molar-refractivity contribution in [3.8, 4) is 5.75 Å². The van der Waals surface area contributed by atoms with E-state index in [1.165, 1.54) is 6.07 Å². The van der Waals surface area contributed by atoms with E-state index in [0.29, 0.717) is 6.54 Å². The van der Waals surface area contributed by atoms with E-state index in [4.69, 9.17) is 9.84 Å². The molecule has 0 aliphatic rings. The van der Waals surface area contributed by atoms with Crippen LogP contribution < -0.4 is 4.74 Å². The molecular weight excluding hydrogens is 266 g/mol. The summed E-state index contributed by atoms with van der Waals surface area (Å²) in [5, 5.41) is 23.7. The van der Waals surface area contributed by atoms with E-state index >= 15 is 0 Å². The van der Waals surface area contributed by atoms with Gasteiger partial charge in [0, 0.05) is 24.5 Å². The smallest absolute Gasteiger partial charge is 0.335 e. The molecule has 1 heterocycles. The van der Waals surface area contributed by atoms with E-state index in [-0.39, 0.29) is 23.6 Å². The quantitative estimate of drug-likeness (QED) is 0.634. The molecule has 2 aromatic rings. The van der Waals surface area contributed by atoms with Crippen LogP contribution in [0.25, 0.3) is 0 Å². The Balaban J connectivity index is 2.13. The Morgan fingerprint density at radius 2 is 2.30 bits per heavy atom. The van der Waals surface area contributed by atoms with Crippen LogP contribution in [-0.4, -0.2) is 32.4 Å². The number of carboxylic acid groups (broad SMARTS) is 1. The monoisotopic (exact) mass is 277 g/mol. The highest BCUT2D eigenvalue weighted by atomic mass is 16.6. The minimum atomic E-state index is -1.17. The Kier molecular flexibility index (Phi) is 3.94. The lowest BCUT2D eigenvalue weighted by atomic mass is 10.2. The predicted molar refractivity (Wildman–Crippen MR) is 67.8 cm³/mol. The number of nitro groups is 1. The molecule has 2 rings (SSSR count). The lowest BCUT2D eigenvalue weighted by Crippen LogP contribution is -2.10. The van der Waals surface area contributed by atoms with Crippen LogP contribution in [-0.2, 0) is 6.54 Å². The molecule has 0 amide bonds. The van der Waals surface area contributed by atoms with Crippen LogP contribution in [0.5, 0.6) is 5.75 Å². The summed E-state index contributed by atoms with van der Waals surface area (Å²) in [7, 11) is 0. The maximum atomic E-state index is 10.9. The highest BCUT2D eigenvalue weighted by Gasteiger charge is 2.17. The first-order valence-corrected chi connectivity index (χ1v) is 5.70. The van der Waals surface area contributed by atoms with E-state index < -0.39 is 10.9 Å². The summed E-state index contributed by atoms with van der Waals surface area (Å²) in [6, 6.07) is 5.17. The molecule has 0 aliphatic heterocycles. The third kappa shape index (κ3) is 3.10. The highest BCUT2D eigenvalue weighted by Crippen LogP contribution is 2.28. The van der Waals surface area contributed by atoms with Crippen molar-refractivity contribution in [1.29, 1.82) is 0 Å². The van der Waals surface area contributed by atoms with Gasteiger partial charge in [0.05, 0.1) is 17.0 Å². The number of carboxylic acids is 1. The second-order valence-corrected chi connectivity index (χ2v) is 3.86. The lowest BCUT2D eigenvalue weighted by Gasteiger charge is -2.07. The average Bonchev–Trinajstić information content (AvgIpc) is 2.91.